The van der Waals surface area contributed by atoms with Crippen LogP contribution in [-0.4, -0.2) is 46.4 Å². The molecule has 1 amide bonds. The number of aromatic amines is 2. The molecule has 8 nitrogen and oxygen atoms in total. The number of rotatable bonds is 4. The Kier molecular flexibility index (Phi) is 5.13. The SMILES string of the molecule is CN(C(=O)COC(=O)c1cc(=O)[nH]c(=O)[nH]1)C1CCCCC1. The summed E-state index contributed by atoms with van der Waals surface area (Å²) in [5.41, 5.74) is -1.78. The minimum atomic E-state index is -0.909. The minimum absolute atomic E-state index is 0.180. The molecule has 0 aromatic carbocycles. The van der Waals surface area contributed by atoms with Gasteiger partial charge in [0.1, 0.15) is 5.69 Å². The van der Waals surface area contributed by atoms with Crippen molar-refractivity contribution >= 4 is 11.9 Å². The van der Waals surface area contributed by atoms with Crippen molar-refractivity contribution in [3.8, 4) is 0 Å². The summed E-state index contributed by atoms with van der Waals surface area (Å²) in [6.45, 7) is -0.416. The molecule has 22 heavy (non-hydrogen) atoms. The van der Waals surface area contributed by atoms with Gasteiger partial charge in [-0.25, -0.2) is 9.59 Å². The molecule has 1 aliphatic carbocycles. The van der Waals surface area contributed by atoms with Gasteiger partial charge >= 0.3 is 11.7 Å². The van der Waals surface area contributed by atoms with Gasteiger partial charge in [0, 0.05) is 19.2 Å². The highest BCUT2D eigenvalue weighted by Gasteiger charge is 2.23. The van der Waals surface area contributed by atoms with Crippen LogP contribution in [0.3, 0.4) is 0 Å². The number of esters is 1. The molecule has 0 spiro atoms. The Morgan fingerprint density at radius 1 is 1.23 bits per heavy atom. The molecular weight excluding hydrogens is 290 g/mol. The van der Waals surface area contributed by atoms with Crippen LogP contribution < -0.4 is 11.2 Å². The molecular formula is C14H19N3O5. The summed E-state index contributed by atoms with van der Waals surface area (Å²) in [6, 6.07) is 1.10. The van der Waals surface area contributed by atoms with Crippen LogP contribution in [0.2, 0.25) is 0 Å². The van der Waals surface area contributed by atoms with E-state index in [2.05, 4.69) is 4.98 Å². The normalized spacial score (nSPS) is 15.3. The Morgan fingerprint density at radius 2 is 1.91 bits per heavy atom. The van der Waals surface area contributed by atoms with Crippen molar-refractivity contribution in [3.63, 3.8) is 0 Å². The lowest BCUT2D eigenvalue weighted by Gasteiger charge is -2.31. The van der Waals surface area contributed by atoms with Gasteiger partial charge in [0.2, 0.25) is 0 Å². The van der Waals surface area contributed by atoms with Gasteiger partial charge in [-0.05, 0) is 12.8 Å². The highest BCUT2D eigenvalue weighted by molar-refractivity contribution is 5.89. The lowest BCUT2D eigenvalue weighted by Crippen LogP contribution is -2.40. The predicted octanol–water partition coefficient (Wildman–Crippen LogP) is 0.0111. The third kappa shape index (κ3) is 4.06. The molecule has 0 bridgehead atoms. The highest BCUT2D eigenvalue weighted by atomic mass is 16.5. The van der Waals surface area contributed by atoms with Crippen molar-refractivity contribution in [1.29, 1.82) is 0 Å². The zero-order chi connectivity index (χ0) is 16.1. The lowest BCUT2D eigenvalue weighted by atomic mass is 9.94. The highest BCUT2D eigenvalue weighted by Crippen LogP contribution is 2.21. The second kappa shape index (κ2) is 7.06. The van der Waals surface area contributed by atoms with Crippen LogP contribution in [0.4, 0.5) is 0 Å². The molecule has 0 radical (unpaired) electrons. The number of aromatic nitrogens is 2. The van der Waals surface area contributed by atoms with Crippen LogP contribution in [0.15, 0.2) is 15.7 Å². The Labute approximate surface area is 126 Å². The van der Waals surface area contributed by atoms with Crippen LogP contribution >= 0.6 is 0 Å². The van der Waals surface area contributed by atoms with Gasteiger partial charge < -0.3 is 14.6 Å². The van der Waals surface area contributed by atoms with Crippen molar-refractivity contribution < 1.29 is 14.3 Å². The minimum Gasteiger partial charge on any atom is -0.451 e. The summed E-state index contributed by atoms with van der Waals surface area (Å²) in [4.78, 5) is 51.6. The maximum absolute atomic E-state index is 12.0. The first-order chi connectivity index (χ1) is 10.5. The van der Waals surface area contributed by atoms with E-state index in [1.54, 1.807) is 11.9 Å². The number of carbonyl (C=O) groups is 2. The molecule has 1 aromatic heterocycles. The topological polar surface area (TPSA) is 112 Å². The summed E-state index contributed by atoms with van der Waals surface area (Å²) >= 11 is 0. The van der Waals surface area contributed by atoms with E-state index < -0.39 is 23.8 Å². The Balaban J connectivity index is 1.91. The molecule has 1 fully saturated rings. The number of amides is 1. The first kappa shape index (κ1) is 16.0. The average molecular weight is 309 g/mol. The van der Waals surface area contributed by atoms with Crippen LogP contribution in [0.1, 0.15) is 42.6 Å². The van der Waals surface area contributed by atoms with Gasteiger partial charge in [0.05, 0.1) is 0 Å². The molecule has 2 rings (SSSR count). The molecule has 120 valence electrons. The number of carbonyl (C=O) groups excluding carboxylic acids is 2. The van der Waals surface area contributed by atoms with E-state index in [1.807, 2.05) is 4.98 Å². The fourth-order valence-electron chi connectivity index (χ4n) is 2.56. The zero-order valence-corrected chi connectivity index (χ0v) is 12.4. The van der Waals surface area contributed by atoms with Gasteiger partial charge in [-0.3, -0.25) is 14.6 Å². The lowest BCUT2D eigenvalue weighted by molar-refractivity contribution is -0.135. The van der Waals surface area contributed by atoms with Crippen molar-refractivity contribution in [2.24, 2.45) is 0 Å². The summed E-state index contributed by atoms with van der Waals surface area (Å²) < 4.78 is 4.86. The maximum Gasteiger partial charge on any atom is 0.355 e. The molecule has 0 atom stereocenters. The van der Waals surface area contributed by atoms with E-state index >= 15 is 0 Å². The average Bonchev–Trinajstić information content (AvgIpc) is 2.51. The van der Waals surface area contributed by atoms with E-state index in [0.717, 1.165) is 31.7 Å². The monoisotopic (exact) mass is 309 g/mol. The first-order valence-corrected chi connectivity index (χ1v) is 7.24. The second-order valence-corrected chi connectivity index (χ2v) is 5.37. The number of nitrogens with one attached hydrogen (secondary N) is 2. The van der Waals surface area contributed by atoms with E-state index in [1.165, 1.54) is 6.42 Å². The van der Waals surface area contributed by atoms with Crippen LogP contribution in [0.25, 0.3) is 0 Å². The van der Waals surface area contributed by atoms with Crippen molar-refractivity contribution in [2.75, 3.05) is 13.7 Å². The van der Waals surface area contributed by atoms with E-state index in [9.17, 15) is 19.2 Å². The number of hydrogen-bond acceptors (Lipinski definition) is 5. The number of nitrogens with zero attached hydrogens (tertiary/aromatic N) is 1. The molecule has 1 saturated carbocycles. The molecule has 0 saturated heterocycles. The quantitative estimate of drug-likeness (QED) is 0.761. The van der Waals surface area contributed by atoms with Crippen LogP contribution in [0.5, 0.6) is 0 Å². The fourth-order valence-corrected chi connectivity index (χ4v) is 2.56. The molecule has 1 heterocycles. The third-order valence-electron chi connectivity index (χ3n) is 3.82. The smallest absolute Gasteiger partial charge is 0.355 e. The fraction of sp³-hybridized carbons (Fsp3) is 0.571. The summed E-state index contributed by atoms with van der Waals surface area (Å²) in [5, 5.41) is 0. The number of ether oxygens (including phenoxy) is 1. The zero-order valence-electron chi connectivity index (χ0n) is 12.4. The van der Waals surface area contributed by atoms with Crippen molar-refractivity contribution in [2.45, 2.75) is 38.1 Å². The van der Waals surface area contributed by atoms with Gasteiger partial charge in [-0.2, -0.15) is 0 Å². The molecule has 1 aliphatic rings. The van der Waals surface area contributed by atoms with E-state index in [4.69, 9.17) is 4.74 Å². The van der Waals surface area contributed by atoms with E-state index in [0.29, 0.717) is 0 Å². The maximum atomic E-state index is 12.0. The largest absolute Gasteiger partial charge is 0.451 e. The second-order valence-electron chi connectivity index (χ2n) is 5.37. The number of H-pyrrole nitrogens is 2. The number of likely N-dealkylation sites (N-methyl/N-ethyl adjacent to an activating group) is 1. The van der Waals surface area contributed by atoms with Gasteiger partial charge in [0.25, 0.3) is 11.5 Å². The van der Waals surface area contributed by atoms with Crippen molar-refractivity contribution in [3.05, 3.63) is 32.6 Å². The van der Waals surface area contributed by atoms with Gasteiger partial charge in [-0.1, -0.05) is 19.3 Å². The van der Waals surface area contributed by atoms with E-state index in [-0.39, 0.29) is 17.6 Å². The molecule has 0 aliphatic heterocycles. The van der Waals surface area contributed by atoms with Gasteiger partial charge in [-0.15, -0.1) is 0 Å². The molecule has 0 unspecified atom stereocenters. The Bertz CT molecular complexity index is 629. The van der Waals surface area contributed by atoms with Crippen LogP contribution in [0, 0.1) is 0 Å². The Morgan fingerprint density at radius 3 is 2.55 bits per heavy atom. The third-order valence-corrected chi connectivity index (χ3v) is 3.82. The number of hydrogen-bond donors (Lipinski definition) is 2. The van der Waals surface area contributed by atoms with Crippen molar-refractivity contribution in [1.82, 2.24) is 14.9 Å². The summed E-state index contributed by atoms with van der Waals surface area (Å²) in [6.07, 6.45) is 5.28. The predicted molar refractivity (Wildman–Crippen MR) is 77.6 cm³/mol. The summed E-state index contributed by atoms with van der Waals surface area (Å²) in [5.74, 6) is -1.21. The summed E-state index contributed by atoms with van der Waals surface area (Å²) in [7, 11) is 1.70. The standard InChI is InChI=1S/C14H19N3O5/c1-17(9-5-3-2-4-6-9)12(19)8-22-13(20)10-7-11(18)16-14(21)15-10/h7,9H,2-6,8H2,1H3,(H2,15,16,18,21). The molecule has 1 aromatic rings. The Hall–Kier alpha value is -2.38. The molecule has 2 N–H and O–H groups in total. The van der Waals surface area contributed by atoms with Crippen LogP contribution in [-0.2, 0) is 9.53 Å². The first-order valence-electron chi connectivity index (χ1n) is 7.24. The van der Waals surface area contributed by atoms with Gasteiger partial charge in [0.15, 0.2) is 6.61 Å². The molecule has 8 heteroatoms.